The summed E-state index contributed by atoms with van der Waals surface area (Å²) in [6.45, 7) is 5.17. The highest BCUT2D eigenvalue weighted by atomic mass is 32.2. The van der Waals surface area contributed by atoms with Gasteiger partial charge in [-0.2, -0.15) is 8.75 Å². The van der Waals surface area contributed by atoms with Crippen molar-refractivity contribution in [2.75, 3.05) is 32.0 Å². The van der Waals surface area contributed by atoms with Crippen molar-refractivity contribution in [3.8, 4) is 0 Å². The molecule has 2 aliphatic rings. The zero-order chi connectivity index (χ0) is 20.5. The molecule has 2 aliphatic heterocycles. The van der Waals surface area contributed by atoms with Crippen LogP contribution in [0.2, 0.25) is 0 Å². The minimum Gasteiger partial charge on any atom is -0.473 e. The lowest BCUT2D eigenvalue weighted by Crippen LogP contribution is -2.31. The largest absolute Gasteiger partial charge is 0.473 e. The Morgan fingerprint density at radius 3 is 2.75 bits per heavy atom. The molecular weight excluding hydrogens is 408 g/mol. The summed E-state index contributed by atoms with van der Waals surface area (Å²) in [4.78, 5) is 31.3. The molecule has 10 nitrogen and oxygen atoms in total. The van der Waals surface area contributed by atoms with E-state index in [0.717, 1.165) is 42.4 Å². The van der Waals surface area contributed by atoms with E-state index in [4.69, 9.17) is 24.5 Å². The molecule has 0 aliphatic carbocycles. The van der Waals surface area contributed by atoms with Crippen molar-refractivity contribution in [1.82, 2.24) is 19.0 Å². The van der Waals surface area contributed by atoms with Gasteiger partial charge in [-0.15, -0.1) is 11.8 Å². The molecule has 3 rings (SSSR count). The van der Waals surface area contributed by atoms with Crippen LogP contribution in [0, 0.1) is 0 Å². The van der Waals surface area contributed by atoms with E-state index in [1.165, 1.54) is 17.3 Å². The molecule has 0 aromatic carbocycles. The minimum atomic E-state index is -1.82. The van der Waals surface area contributed by atoms with E-state index < -0.39 is 11.9 Å². The second-order valence-electron chi connectivity index (χ2n) is 5.96. The van der Waals surface area contributed by atoms with Crippen molar-refractivity contribution in [1.29, 1.82) is 0 Å². The fraction of sp³-hybridized carbons (Fsp3) is 0.562. The van der Waals surface area contributed by atoms with E-state index in [2.05, 4.69) is 27.1 Å². The van der Waals surface area contributed by atoms with Crippen molar-refractivity contribution >= 4 is 47.1 Å². The normalized spacial score (nSPS) is 18.8. The van der Waals surface area contributed by atoms with Gasteiger partial charge < -0.3 is 25.2 Å². The number of cyclic esters (lactones) is 1. The molecule has 1 atom stereocenters. The van der Waals surface area contributed by atoms with Crippen LogP contribution in [0.5, 0.6) is 0 Å². The third-order valence-electron chi connectivity index (χ3n) is 4.00. The smallest absolute Gasteiger partial charge is 0.414 e. The van der Waals surface area contributed by atoms with Gasteiger partial charge in [-0.25, -0.2) is 14.4 Å². The molecule has 0 saturated carbocycles. The average molecular weight is 431 g/mol. The maximum absolute atomic E-state index is 11.4. The first-order chi connectivity index (χ1) is 13.4. The summed E-state index contributed by atoms with van der Waals surface area (Å²) in [6, 6.07) is 0.330. The Bertz CT molecular complexity index is 726. The van der Waals surface area contributed by atoms with E-state index >= 15 is 0 Å². The number of hydrogen-bond acceptors (Lipinski definition) is 9. The van der Waals surface area contributed by atoms with E-state index in [9.17, 15) is 4.79 Å². The number of hydrogen-bond donors (Lipinski definition) is 3. The molecule has 1 fully saturated rings. The first-order valence-corrected chi connectivity index (χ1v) is 10.4. The lowest BCUT2D eigenvalue weighted by Gasteiger charge is -2.21. The number of nitrogens with zero attached hydrogens (tertiary/aromatic N) is 3. The summed E-state index contributed by atoms with van der Waals surface area (Å²) in [5.74, 6) is -2.72. The predicted molar refractivity (Wildman–Crippen MR) is 104 cm³/mol. The molecule has 0 spiro atoms. The number of thioether (sulfide) groups is 1. The summed E-state index contributed by atoms with van der Waals surface area (Å²) in [5.41, 5.74) is 2.28. The fourth-order valence-electron chi connectivity index (χ4n) is 2.62. The zero-order valence-electron chi connectivity index (χ0n) is 15.3. The maximum Gasteiger partial charge on any atom is 0.414 e. The second-order valence-corrected chi connectivity index (χ2v) is 7.57. The lowest BCUT2D eigenvalue weighted by molar-refractivity contribution is -0.159. The SMILES string of the molecule is CC1NCCC=C1c1nsnc1SCCCN1CCOC1=O.O=C(O)C(=O)O. The highest BCUT2D eigenvalue weighted by Crippen LogP contribution is 2.30. The molecular formula is C16H22N4O6S2. The Hall–Kier alpha value is -2.18. The summed E-state index contributed by atoms with van der Waals surface area (Å²) in [7, 11) is 0. The third kappa shape index (κ3) is 6.46. The molecule has 0 bridgehead atoms. The predicted octanol–water partition coefficient (Wildman–Crippen LogP) is 1.39. The first-order valence-electron chi connectivity index (χ1n) is 8.67. The van der Waals surface area contributed by atoms with Gasteiger partial charge in [0.25, 0.3) is 0 Å². The Balaban J connectivity index is 0.000000409. The van der Waals surface area contributed by atoms with Crippen LogP contribution in [0.4, 0.5) is 4.79 Å². The number of carbonyl (C=O) groups excluding carboxylic acids is 1. The van der Waals surface area contributed by atoms with Crippen molar-refractivity contribution in [2.45, 2.75) is 30.8 Å². The zero-order valence-corrected chi connectivity index (χ0v) is 16.9. The number of carboxylic acids is 2. The Morgan fingerprint density at radius 1 is 1.39 bits per heavy atom. The second kappa shape index (κ2) is 11.0. The number of amides is 1. The summed E-state index contributed by atoms with van der Waals surface area (Å²) >= 11 is 3.00. The quantitative estimate of drug-likeness (QED) is 0.344. The lowest BCUT2D eigenvalue weighted by atomic mass is 10.0. The van der Waals surface area contributed by atoms with Crippen LogP contribution in [0.15, 0.2) is 11.1 Å². The van der Waals surface area contributed by atoms with Gasteiger partial charge in [-0.3, -0.25) is 0 Å². The molecule has 1 amide bonds. The summed E-state index contributed by atoms with van der Waals surface area (Å²) in [5, 5.41) is 19.3. The number of carboxylic acid groups (broad SMARTS) is 2. The fourth-order valence-corrected chi connectivity index (χ4v) is 4.23. The van der Waals surface area contributed by atoms with Crippen LogP contribution in [-0.4, -0.2) is 79.9 Å². The van der Waals surface area contributed by atoms with Gasteiger partial charge in [0.2, 0.25) is 0 Å². The van der Waals surface area contributed by atoms with Gasteiger partial charge in [0, 0.05) is 18.3 Å². The van der Waals surface area contributed by atoms with Crippen molar-refractivity contribution in [2.24, 2.45) is 0 Å². The van der Waals surface area contributed by atoms with Gasteiger partial charge in [0.05, 0.1) is 18.3 Å². The molecule has 1 unspecified atom stereocenters. The molecule has 3 N–H and O–H groups in total. The number of carbonyl (C=O) groups is 3. The number of aromatic nitrogens is 2. The Morgan fingerprint density at radius 2 is 2.14 bits per heavy atom. The molecule has 154 valence electrons. The van der Waals surface area contributed by atoms with Gasteiger partial charge in [-0.1, -0.05) is 6.08 Å². The monoisotopic (exact) mass is 430 g/mol. The van der Waals surface area contributed by atoms with Gasteiger partial charge >= 0.3 is 18.0 Å². The highest BCUT2D eigenvalue weighted by Gasteiger charge is 2.22. The van der Waals surface area contributed by atoms with Crippen LogP contribution in [0.25, 0.3) is 5.57 Å². The number of aliphatic carboxylic acids is 2. The van der Waals surface area contributed by atoms with Crippen LogP contribution in [-0.2, 0) is 14.3 Å². The van der Waals surface area contributed by atoms with Crippen molar-refractivity contribution in [3.63, 3.8) is 0 Å². The molecule has 28 heavy (non-hydrogen) atoms. The van der Waals surface area contributed by atoms with Crippen LogP contribution in [0.1, 0.15) is 25.5 Å². The average Bonchev–Trinajstić information content (AvgIpc) is 3.28. The molecule has 12 heteroatoms. The minimum absolute atomic E-state index is 0.187. The van der Waals surface area contributed by atoms with E-state index in [-0.39, 0.29) is 6.09 Å². The van der Waals surface area contributed by atoms with Crippen molar-refractivity contribution in [3.05, 3.63) is 11.8 Å². The van der Waals surface area contributed by atoms with E-state index in [1.54, 1.807) is 16.7 Å². The molecule has 3 heterocycles. The summed E-state index contributed by atoms with van der Waals surface area (Å²) in [6.07, 6.45) is 4.05. The van der Waals surface area contributed by atoms with Crippen LogP contribution >= 0.6 is 23.5 Å². The molecule has 1 saturated heterocycles. The number of rotatable bonds is 6. The third-order valence-corrected chi connectivity index (χ3v) is 5.69. The van der Waals surface area contributed by atoms with Crippen LogP contribution < -0.4 is 5.32 Å². The van der Waals surface area contributed by atoms with Crippen molar-refractivity contribution < 1.29 is 29.3 Å². The van der Waals surface area contributed by atoms with Gasteiger partial charge in [-0.05, 0) is 31.9 Å². The highest BCUT2D eigenvalue weighted by molar-refractivity contribution is 7.99. The maximum atomic E-state index is 11.4. The number of ether oxygens (including phenoxy) is 1. The first kappa shape index (κ1) is 22.1. The van der Waals surface area contributed by atoms with E-state index in [1.807, 2.05) is 0 Å². The van der Waals surface area contributed by atoms with Crippen LogP contribution in [0.3, 0.4) is 0 Å². The molecule has 1 aromatic rings. The Kier molecular flexibility index (Phi) is 8.67. The van der Waals surface area contributed by atoms with Gasteiger partial charge in [0.15, 0.2) is 0 Å². The summed E-state index contributed by atoms with van der Waals surface area (Å²) < 4.78 is 13.8. The standard InChI is InChI=1S/C14H20N4O2S2.C2H2O4/c1-10-11(4-2-5-15-10)12-13(17-22-16-12)21-9-3-6-18-7-8-20-14(18)19;3-1(4)2(5)6/h4,10,15H,2-3,5-9H2,1H3;(H,3,4)(H,5,6). The topological polar surface area (TPSA) is 142 Å². The Labute approximate surface area is 170 Å². The van der Waals surface area contributed by atoms with Gasteiger partial charge in [0.1, 0.15) is 17.3 Å². The van der Waals surface area contributed by atoms with E-state index in [0.29, 0.717) is 19.2 Å². The molecule has 1 aromatic heterocycles. The number of nitrogens with one attached hydrogen (secondary N) is 1. The molecule has 0 radical (unpaired) electrons.